The number of carbonyl (C=O) groups excluding carboxylic acids is 2. The summed E-state index contributed by atoms with van der Waals surface area (Å²) in [4.78, 5) is 37.8. The number of rotatable bonds is 5. The van der Waals surface area contributed by atoms with Crippen molar-refractivity contribution in [3.05, 3.63) is 59.2 Å². The summed E-state index contributed by atoms with van der Waals surface area (Å²) in [7, 11) is -2.38. The predicted molar refractivity (Wildman–Crippen MR) is 145 cm³/mol. The number of hydrogen-bond donors (Lipinski definition) is 3. The molecule has 194 valence electrons. The van der Waals surface area contributed by atoms with Crippen molar-refractivity contribution in [1.29, 1.82) is 0 Å². The van der Waals surface area contributed by atoms with Gasteiger partial charge in [-0.25, -0.2) is 4.79 Å². The molecule has 2 aliphatic heterocycles. The third-order valence-electron chi connectivity index (χ3n) is 6.99. The van der Waals surface area contributed by atoms with Gasteiger partial charge in [0.2, 0.25) is 14.2 Å². The number of ether oxygens (including phenoxy) is 1. The Kier molecular flexibility index (Phi) is 7.48. The highest BCUT2D eigenvalue weighted by Gasteiger charge is 2.35. The average Bonchev–Trinajstić information content (AvgIpc) is 3.24. The molecule has 0 bridgehead atoms. The van der Waals surface area contributed by atoms with Gasteiger partial charge in [-0.3, -0.25) is 4.79 Å². The molecule has 3 N–H and O–H groups in total. The van der Waals surface area contributed by atoms with Crippen LogP contribution in [0.1, 0.15) is 62.1 Å². The standard InChI is InChI=1S/C28H39N3O4Si/c1-28(2,3)35-27(33)30-17-19-7-6-8-21(15-19)20-11-13-31(14-12-20)26(32)24-18-29-25-16-22(36(4,5)34)9-10-23(24)25/h6-10,15-16,20,24,29,34H,11-14,17-18H2,1-5H3,(H,30,33). The number of nitrogens with zero attached hydrogens (tertiary/aromatic N) is 1. The van der Waals surface area contributed by atoms with Crippen LogP contribution in [-0.2, 0) is 16.1 Å². The lowest BCUT2D eigenvalue weighted by molar-refractivity contribution is -0.133. The summed E-state index contributed by atoms with van der Waals surface area (Å²) in [5, 5.41) is 7.19. The van der Waals surface area contributed by atoms with Gasteiger partial charge in [-0.1, -0.05) is 36.4 Å². The molecule has 2 aromatic rings. The van der Waals surface area contributed by atoms with Crippen LogP contribution in [0.5, 0.6) is 0 Å². The smallest absolute Gasteiger partial charge is 0.407 e. The van der Waals surface area contributed by atoms with Crippen LogP contribution in [0.2, 0.25) is 13.1 Å². The van der Waals surface area contributed by atoms with Crippen LogP contribution in [-0.4, -0.2) is 55.2 Å². The molecule has 2 aliphatic rings. The van der Waals surface area contributed by atoms with Gasteiger partial charge in [0.15, 0.2) is 0 Å². The van der Waals surface area contributed by atoms with Crippen molar-refractivity contribution in [2.75, 3.05) is 25.0 Å². The molecule has 4 rings (SSSR count). The minimum absolute atomic E-state index is 0.170. The molecule has 0 spiro atoms. The molecule has 0 aromatic heterocycles. The molecule has 36 heavy (non-hydrogen) atoms. The lowest BCUT2D eigenvalue weighted by atomic mass is 9.88. The molecule has 2 aromatic carbocycles. The van der Waals surface area contributed by atoms with E-state index in [1.165, 1.54) is 5.56 Å². The SMILES string of the molecule is CC(C)(C)OC(=O)NCc1cccc(C2CCN(C(=O)C3CNc4cc([Si](C)(C)O)ccc43)CC2)c1. The summed E-state index contributed by atoms with van der Waals surface area (Å²) in [6.45, 7) is 11.9. The second kappa shape index (κ2) is 10.3. The van der Waals surface area contributed by atoms with Crippen LogP contribution in [0.15, 0.2) is 42.5 Å². The zero-order valence-electron chi connectivity index (χ0n) is 22.1. The zero-order chi connectivity index (χ0) is 26.1. The van der Waals surface area contributed by atoms with E-state index in [1.54, 1.807) is 0 Å². The summed E-state index contributed by atoms with van der Waals surface area (Å²) >= 11 is 0. The first kappa shape index (κ1) is 26.2. The minimum atomic E-state index is -2.38. The third-order valence-corrected chi connectivity index (χ3v) is 8.72. The van der Waals surface area contributed by atoms with Gasteiger partial charge in [-0.2, -0.15) is 0 Å². The number of piperidine rings is 1. The minimum Gasteiger partial charge on any atom is -0.444 e. The Morgan fingerprint density at radius 1 is 1.14 bits per heavy atom. The van der Waals surface area contributed by atoms with Gasteiger partial charge in [0.25, 0.3) is 0 Å². The number of nitrogens with one attached hydrogen (secondary N) is 2. The first-order valence-corrected chi connectivity index (χ1v) is 15.8. The second-order valence-corrected chi connectivity index (χ2v) is 15.2. The monoisotopic (exact) mass is 509 g/mol. The second-order valence-electron chi connectivity index (χ2n) is 11.5. The molecule has 1 fully saturated rings. The number of benzene rings is 2. The van der Waals surface area contributed by atoms with Crippen LogP contribution >= 0.6 is 0 Å². The Bertz CT molecular complexity index is 1110. The normalized spacial score (nSPS) is 18.4. The summed E-state index contributed by atoms with van der Waals surface area (Å²) < 4.78 is 5.32. The summed E-state index contributed by atoms with van der Waals surface area (Å²) in [5.41, 5.74) is 3.79. The molecule has 0 radical (unpaired) electrons. The Morgan fingerprint density at radius 2 is 1.86 bits per heavy atom. The third kappa shape index (κ3) is 6.28. The summed E-state index contributed by atoms with van der Waals surface area (Å²) in [5.74, 6) is 0.406. The van der Waals surface area contributed by atoms with Crippen molar-refractivity contribution in [2.24, 2.45) is 0 Å². The zero-order valence-corrected chi connectivity index (χ0v) is 23.1. The van der Waals surface area contributed by atoms with E-state index >= 15 is 0 Å². The fourth-order valence-electron chi connectivity index (χ4n) is 5.04. The van der Waals surface area contributed by atoms with E-state index in [0.29, 0.717) is 19.0 Å². The fraction of sp³-hybridized carbons (Fsp3) is 0.500. The maximum absolute atomic E-state index is 13.4. The Hall–Kier alpha value is -2.84. The lowest BCUT2D eigenvalue weighted by Crippen LogP contribution is -2.41. The van der Waals surface area contributed by atoms with E-state index < -0.39 is 20.0 Å². The van der Waals surface area contributed by atoms with Crippen molar-refractivity contribution in [2.45, 2.75) is 70.7 Å². The number of fused-ring (bicyclic) bond motifs is 1. The number of hydrogen-bond acceptors (Lipinski definition) is 5. The van der Waals surface area contributed by atoms with Gasteiger partial charge < -0.3 is 25.1 Å². The van der Waals surface area contributed by atoms with Crippen LogP contribution < -0.4 is 15.8 Å². The van der Waals surface area contributed by atoms with Crippen LogP contribution in [0.4, 0.5) is 10.5 Å². The van der Waals surface area contributed by atoms with Gasteiger partial charge in [-0.05, 0) is 80.6 Å². The molecular formula is C28H39N3O4Si. The molecule has 0 saturated carbocycles. The lowest BCUT2D eigenvalue weighted by Gasteiger charge is -2.34. The van der Waals surface area contributed by atoms with E-state index in [4.69, 9.17) is 4.74 Å². The van der Waals surface area contributed by atoms with E-state index in [1.807, 2.05) is 69.1 Å². The predicted octanol–water partition coefficient (Wildman–Crippen LogP) is 4.03. The van der Waals surface area contributed by atoms with Gasteiger partial charge in [0.05, 0.1) is 5.92 Å². The van der Waals surface area contributed by atoms with Crippen molar-refractivity contribution < 1.29 is 19.1 Å². The van der Waals surface area contributed by atoms with E-state index in [9.17, 15) is 14.4 Å². The number of likely N-dealkylation sites (tertiary alicyclic amines) is 1. The molecule has 2 amide bonds. The van der Waals surface area contributed by atoms with Crippen molar-refractivity contribution >= 4 is 31.2 Å². The van der Waals surface area contributed by atoms with E-state index in [0.717, 1.165) is 47.9 Å². The van der Waals surface area contributed by atoms with Crippen molar-refractivity contribution in [3.8, 4) is 0 Å². The van der Waals surface area contributed by atoms with E-state index in [2.05, 4.69) is 22.8 Å². The number of alkyl carbamates (subject to hydrolysis) is 1. The molecule has 0 aliphatic carbocycles. The quantitative estimate of drug-likeness (QED) is 0.530. The van der Waals surface area contributed by atoms with E-state index in [-0.39, 0.29) is 11.8 Å². The largest absolute Gasteiger partial charge is 0.444 e. The molecular weight excluding hydrogens is 470 g/mol. The van der Waals surface area contributed by atoms with Crippen molar-refractivity contribution in [3.63, 3.8) is 0 Å². The Morgan fingerprint density at radius 3 is 2.53 bits per heavy atom. The molecule has 7 nitrogen and oxygen atoms in total. The molecule has 2 heterocycles. The van der Waals surface area contributed by atoms with Gasteiger partial charge in [0, 0.05) is 31.9 Å². The highest BCUT2D eigenvalue weighted by molar-refractivity contribution is 6.83. The molecule has 1 atom stereocenters. The topological polar surface area (TPSA) is 90.9 Å². The fourth-order valence-corrected chi connectivity index (χ4v) is 6.02. The maximum atomic E-state index is 13.4. The van der Waals surface area contributed by atoms with Crippen LogP contribution in [0.3, 0.4) is 0 Å². The first-order chi connectivity index (χ1) is 16.9. The average molecular weight is 510 g/mol. The van der Waals surface area contributed by atoms with Crippen LogP contribution in [0, 0.1) is 0 Å². The Labute approximate surface area is 215 Å². The summed E-state index contributed by atoms with van der Waals surface area (Å²) in [6, 6.07) is 14.4. The highest BCUT2D eigenvalue weighted by Crippen LogP contribution is 2.35. The number of carbonyl (C=O) groups is 2. The maximum Gasteiger partial charge on any atom is 0.407 e. The van der Waals surface area contributed by atoms with Crippen molar-refractivity contribution in [1.82, 2.24) is 10.2 Å². The molecule has 8 heteroatoms. The Balaban J connectivity index is 1.33. The summed E-state index contributed by atoms with van der Waals surface area (Å²) in [6.07, 6.45) is 1.43. The molecule has 1 unspecified atom stereocenters. The van der Waals surface area contributed by atoms with Gasteiger partial charge in [-0.15, -0.1) is 0 Å². The number of anilines is 1. The highest BCUT2D eigenvalue weighted by atomic mass is 28.4. The molecule has 1 saturated heterocycles. The number of amides is 2. The van der Waals surface area contributed by atoms with Gasteiger partial charge >= 0.3 is 6.09 Å². The first-order valence-electron chi connectivity index (χ1n) is 12.9. The van der Waals surface area contributed by atoms with Crippen LogP contribution in [0.25, 0.3) is 0 Å². The van der Waals surface area contributed by atoms with Gasteiger partial charge in [0.1, 0.15) is 5.60 Å².